The second-order valence-corrected chi connectivity index (χ2v) is 19.4. The Morgan fingerprint density at radius 1 is 0.941 bits per heavy atom. The molecule has 51 heavy (non-hydrogen) atoms. The van der Waals surface area contributed by atoms with Gasteiger partial charge in [-0.15, -0.1) is 6.58 Å². The van der Waals surface area contributed by atoms with Crippen molar-refractivity contribution in [3.05, 3.63) is 12.7 Å². The van der Waals surface area contributed by atoms with Gasteiger partial charge in [-0.2, -0.15) is 4.31 Å². The number of likely N-dealkylation sites (tertiary alicyclic amines) is 1. The van der Waals surface area contributed by atoms with Gasteiger partial charge in [0, 0.05) is 32.2 Å². The zero-order valence-electron chi connectivity index (χ0n) is 31.2. The van der Waals surface area contributed by atoms with Crippen LogP contribution in [0.4, 0.5) is 4.79 Å². The van der Waals surface area contributed by atoms with Gasteiger partial charge < -0.3 is 26.2 Å². The minimum Gasteiger partial charge on any atom is -0.346 e. The molecule has 5 rings (SSSR count). The van der Waals surface area contributed by atoms with Crippen LogP contribution in [0, 0.1) is 34.5 Å². The van der Waals surface area contributed by atoms with E-state index in [0.717, 1.165) is 51.4 Å². The molecule has 13 nitrogen and oxygen atoms in total. The SMILES string of the molecule is C=CCNC(=O)C(=O)C(CC1CC1)NC(=O)[C@@H]1[C@@H]2[C@H](CN1C(=O)[C@@H](NC(=O)NC(CN1CCCCS1(=O)=O)C(C)(C)C)C1CCCCC1)C2(C)C. The van der Waals surface area contributed by atoms with Gasteiger partial charge in [0.1, 0.15) is 12.1 Å². The monoisotopic (exact) mass is 732 g/mol. The minimum absolute atomic E-state index is 0.0864. The van der Waals surface area contributed by atoms with E-state index in [9.17, 15) is 32.4 Å². The molecular formula is C37H60N6O7S. The van der Waals surface area contributed by atoms with Crippen LogP contribution < -0.4 is 21.3 Å². The number of carbonyl (C=O) groups excluding carboxylic acids is 5. The number of sulfonamides is 1. The molecule has 3 aliphatic carbocycles. The highest BCUT2D eigenvalue weighted by Crippen LogP contribution is 2.65. The Morgan fingerprint density at radius 3 is 2.24 bits per heavy atom. The van der Waals surface area contributed by atoms with Crippen LogP contribution in [0.5, 0.6) is 0 Å². The first-order valence-electron chi connectivity index (χ1n) is 19.0. The lowest BCUT2D eigenvalue weighted by Gasteiger charge is -2.39. The van der Waals surface area contributed by atoms with E-state index < -0.39 is 63.2 Å². The van der Waals surface area contributed by atoms with Crippen molar-refractivity contribution in [3.8, 4) is 0 Å². The minimum atomic E-state index is -3.42. The van der Waals surface area contributed by atoms with Crippen molar-refractivity contribution in [1.29, 1.82) is 0 Å². The number of nitrogens with zero attached hydrogens (tertiary/aromatic N) is 2. The molecule has 3 saturated carbocycles. The topological polar surface area (TPSA) is 174 Å². The molecule has 286 valence electrons. The van der Waals surface area contributed by atoms with E-state index in [1.54, 1.807) is 4.90 Å². The van der Waals surface area contributed by atoms with E-state index in [-0.39, 0.29) is 53.8 Å². The summed E-state index contributed by atoms with van der Waals surface area (Å²) in [6, 6.07) is -3.78. The summed E-state index contributed by atoms with van der Waals surface area (Å²) >= 11 is 0. The molecule has 14 heteroatoms. The molecule has 0 aromatic rings. The predicted molar refractivity (Wildman–Crippen MR) is 194 cm³/mol. The van der Waals surface area contributed by atoms with Crippen LogP contribution in [0.3, 0.4) is 0 Å². The number of hydrogen-bond acceptors (Lipinski definition) is 7. The van der Waals surface area contributed by atoms with Gasteiger partial charge in [0.2, 0.25) is 27.6 Å². The lowest BCUT2D eigenvalue weighted by atomic mass is 9.83. The average Bonchev–Trinajstić information content (AvgIpc) is 3.93. The van der Waals surface area contributed by atoms with Crippen LogP contribution in [-0.2, 0) is 29.2 Å². The van der Waals surface area contributed by atoms with Crippen LogP contribution >= 0.6 is 0 Å². The molecule has 2 unspecified atom stereocenters. The van der Waals surface area contributed by atoms with Crippen LogP contribution in [0.15, 0.2) is 12.7 Å². The second-order valence-electron chi connectivity index (χ2n) is 17.3. The van der Waals surface area contributed by atoms with Crippen molar-refractivity contribution in [1.82, 2.24) is 30.5 Å². The molecule has 0 spiro atoms. The Bertz CT molecular complexity index is 1470. The van der Waals surface area contributed by atoms with Crippen LogP contribution in [0.25, 0.3) is 0 Å². The van der Waals surface area contributed by atoms with E-state index in [2.05, 4.69) is 41.7 Å². The van der Waals surface area contributed by atoms with E-state index in [1.165, 1.54) is 10.4 Å². The standard InChI is InChI=1S/C37H60N6O7S/c1-7-17-38-33(46)31(44)26(20-23-15-16-23)39-32(45)30-28-25(37(28,5)6)21-43(30)34(47)29(24-13-9-8-10-14-24)41-35(48)40-27(36(2,3)4)22-42-18-11-12-19-51(42,49)50/h7,23-30H,1,8-22H2,2-6H3,(H,38,46)(H,39,45)(H2,40,41,48)/t25-,26?,27?,28-,29-,30-/m0/s1. The normalized spacial score (nSPS) is 27.6. The van der Waals surface area contributed by atoms with Crippen molar-refractivity contribution < 1.29 is 32.4 Å². The zero-order valence-corrected chi connectivity index (χ0v) is 32.0. The van der Waals surface area contributed by atoms with E-state index in [4.69, 9.17) is 0 Å². The van der Waals surface area contributed by atoms with Gasteiger partial charge >= 0.3 is 6.03 Å². The number of piperidine rings is 1. The maximum atomic E-state index is 14.7. The molecule has 2 aliphatic heterocycles. The Morgan fingerprint density at radius 2 is 1.63 bits per heavy atom. The van der Waals surface area contributed by atoms with Gasteiger partial charge in [-0.3, -0.25) is 19.2 Å². The summed E-state index contributed by atoms with van der Waals surface area (Å²) in [5, 5.41) is 11.4. The maximum absolute atomic E-state index is 14.7. The summed E-state index contributed by atoms with van der Waals surface area (Å²) in [6.45, 7) is 14.6. The van der Waals surface area contributed by atoms with Crippen LogP contribution in [-0.4, -0.2) is 103 Å². The molecule has 5 aliphatic rings. The van der Waals surface area contributed by atoms with Crippen molar-refractivity contribution in [3.63, 3.8) is 0 Å². The Hall–Kier alpha value is -3.00. The number of carbonyl (C=O) groups is 5. The molecule has 5 fully saturated rings. The molecule has 0 bridgehead atoms. The Labute approximate surface area is 303 Å². The lowest BCUT2D eigenvalue weighted by molar-refractivity contribution is -0.144. The number of nitrogens with one attached hydrogen (secondary N) is 4. The summed E-state index contributed by atoms with van der Waals surface area (Å²) in [6.07, 6.45) is 9.51. The molecule has 0 aromatic carbocycles. The Kier molecular flexibility index (Phi) is 11.9. The summed E-state index contributed by atoms with van der Waals surface area (Å²) in [5.41, 5.74) is -0.660. The van der Waals surface area contributed by atoms with Gasteiger partial charge in [-0.1, -0.05) is 72.8 Å². The predicted octanol–water partition coefficient (Wildman–Crippen LogP) is 2.71. The molecule has 2 saturated heterocycles. The fraction of sp³-hybridized carbons (Fsp3) is 0.811. The smallest absolute Gasteiger partial charge is 0.315 e. The second kappa shape index (κ2) is 15.5. The van der Waals surface area contributed by atoms with Gasteiger partial charge in [-0.05, 0) is 66.6 Å². The molecule has 4 N–H and O–H groups in total. The third-order valence-electron chi connectivity index (χ3n) is 12.2. The number of urea groups is 1. The van der Waals surface area contributed by atoms with Gasteiger partial charge in [0.05, 0.1) is 11.8 Å². The molecule has 2 heterocycles. The first-order chi connectivity index (χ1) is 24.0. The summed E-state index contributed by atoms with van der Waals surface area (Å²) in [5.74, 6) is -2.06. The average molecular weight is 733 g/mol. The summed E-state index contributed by atoms with van der Waals surface area (Å²) < 4.78 is 27.1. The van der Waals surface area contributed by atoms with Crippen molar-refractivity contribution in [2.45, 2.75) is 123 Å². The fourth-order valence-corrected chi connectivity index (χ4v) is 10.2. The number of rotatable bonds is 14. The highest BCUT2D eigenvalue weighted by atomic mass is 32.2. The Balaban J connectivity index is 1.34. The van der Waals surface area contributed by atoms with E-state index >= 15 is 0 Å². The van der Waals surface area contributed by atoms with Crippen molar-refractivity contribution in [2.24, 2.45) is 34.5 Å². The number of fused-ring (bicyclic) bond motifs is 1. The maximum Gasteiger partial charge on any atom is 0.315 e. The molecular weight excluding hydrogens is 673 g/mol. The number of hydrogen-bond donors (Lipinski definition) is 4. The summed E-state index contributed by atoms with van der Waals surface area (Å²) in [4.78, 5) is 70.1. The van der Waals surface area contributed by atoms with E-state index in [1.807, 2.05) is 20.8 Å². The molecule has 0 aromatic heterocycles. The van der Waals surface area contributed by atoms with Crippen LogP contribution in [0.1, 0.15) is 98.8 Å². The van der Waals surface area contributed by atoms with Gasteiger partial charge in [0.15, 0.2) is 0 Å². The van der Waals surface area contributed by atoms with Crippen molar-refractivity contribution >= 4 is 39.6 Å². The quantitative estimate of drug-likeness (QED) is 0.157. The molecule has 6 atom stereocenters. The number of ketones is 1. The fourth-order valence-electron chi connectivity index (χ4n) is 8.55. The third-order valence-corrected chi connectivity index (χ3v) is 14.1. The molecule has 5 amide bonds. The van der Waals surface area contributed by atoms with E-state index in [0.29, 0.717) is 25.9 Å². The zero-order chi connectivity index (χ0) is 37.3. The largest absolute Gasteiger partial charge is 0.346 e. The first kappa shape index (κ1) is 39.2. The number of amides is 5. The van der Waals surface area contributed by atoms with Gasteiger partial charge in [-0.25, -0.2) is 13.2 Å². The summed E-state index contributed by atoms with van der Waals surface area (Å²) in [7, 11) is -3.42. The van der Waals surface area contributed by atoms with Crippen LogP contribution in [0.2, 0.25) is 0 Å². The lowest BCUT2D eigenvalue weighted by Crippen LogP contribution is -2.62. The highest BCUT2D eigenvalue weighted by molar-refractivity contribution is 7.89. The van der Waals surface area contributed by atoms with Crippen molar-refractivity contribution in [2.75, 3.05) is 31.9 Å². The molecule has 0 radical (unpaired) electrons. The van der Waals surface area contributed by atoms with Gasteiger partial charge in [0.25, 0.3) is 5.91 Å². The highest BCUT2D eigenvalue weighted by Gasteiger charge is 2.69. The third kappa shape index (κ3) is 9.15. The number of Topliss-reactive ketones (excluding diaryl/α,β-unsaturated/α-hetero) is 1. The first-order valence-corrected chi connectivity index (χ1v) is 20.6.